The summed E-state index contributed by atoms with van der Waals surface area (Å²) in [6.07, 6.45) is 9.31. The Morgan fingerprint density at radius 2 is 2.00 bits per heavy atom. The molecule has 128 valence electrons. The monoisotopic (exact) mass is 388 g/mol. The van der Waals surface area contributed by atoms with Crippen molar-refractivity contribution in [2.45, 2.75) is 37.8 Å². The summed E-state index contributed by atoms with van der Waals surface area (Å²) in [6, 6.07) is 9.90. The van der Waals surface area contributed by atoms with Crippen molar-refractivity contribution in [3.63, 3.8) is 0 Å². The van der Waals surface area contributed by atoms with Gasteiger partial charge in [0.25, 0.3) is 0 Å². The molecule has 2 aromatic rings. The van der Waals surface area contributed by atoms with Crippen molar-refractivity contribution < 1.29 is 0 Å². The number of hydrogen-bond donors (Lipinski definition) is 1. The summed E-state index contributed by atoms with van der Waals surface area (Å²) >= 11 is 3.55. The molecule has 1 saturated carbocycles. The summed E-state index contributed by atoms with van der Waals surface area (Å²) in [6.45, 7) is 2.21. The highest BCUT2D eigenvalue weighted by molar-refractivity contribution is 9.10. The smallest absolute Gasteiger partial charge is 0.0752 e. The van der Waals surface area contributed by atoms with E-state index < -0.39 is 0 Å². The Morgan fingerprint density at radius 3 is 2.67 bits per heavy atom. The van der Waals surface area contributed by atoms with Gasteiger partial charge in [0.05, 0.1) is 11.9 Å². The molecule has 2 fully saturated rings. The normalized spacial score (nSPS) is 22.6. The first-order chi connectivity index (χ1) is 11.7. The first-order valence-electron chi connectivity index (χ1n) is 8.94. The average Bonchev–Trinajstić information content (AvgIpc) is 3.34. The van der Waals surface area contributed by atoms with Gasteiger partial charge in [0.15, 0.2) is 0 Å². The number of halogens is 1. The van der Waals surface area contributed by atoms with Crippen LogP contribution in [-0.4, -0.2) is 28.9 Å². The third kappa shape index (κ3) is 3.67. The van der Waals surface area contributed by atoms with Gasteiger partial charge < -0.3 is 10.2 Å². The van der Waals surface area contributed by atoms with Gasteiger partial charge in [-0.2, -0.15) is 5.10 Å². The fraction of sp³-hybridized carbons (Fsp3) is 0.526. The maximum atomic E-state index is 4.32. The number of piperidine rings is 1. The van der Waals surface area contributed by atoms with E-state index in [2.05, 4.69) is 61.7 Å². The van der Waals surface area contributed by atoms with Gasteiger partial charge in [0.2, 0.25) is 0 Å². The van der Waals surface area contributed by atoms with Gasteiger partial charge in [0, 0.05) is 42.9 Å². The van der Waals surface area contributed by atoms with Gasteiger partial charge in [-0.05, 0) is 49.3 Å². The molecule has 4 nitrogen and oxygen atoms in total. The minimum Gasteiger partial charge on any atom is -0.367 e. The molecule has 0 unspecified atom stereocenters. The minimum atomic E-state index is 0.497. The third-order valence-corrected chi connectivity index (χ3v) is 5.74. The van der Waals surface area contributed by atoms with Crippen LogP contribution < -0.4 is 10.2 Å². The Hall–Kier alpha value is -1.33. The fourth-order valence-electron chi connectivity index (χ4n) is 3.78. The van der Waals surface area contributed by atoms with E-state index in [1.807, 2.05) is 17.9 Å². The van der Waals surface area contributed by atoms with E-state index in [4.69, 9.17) is 0 Å². The lowest BCUT2D eigenvalue weighted by molar-refractivity contribution is 0.356. The number of nitrogens with one attached hydrogen (secondary N) is 1. The number of anilines is 1. The van der Waals surface area contributed by atoms with Crippen LogP contribution in [-0.2, 0) is 7.05 Å². The number of rotatable bonds is 5. The predicted octanol–water partition coefficient (Wildman–Crippen LogP) is 3.89. The molecule has 4 rings (SSSR count). The summed E-state index contributed by atoms with van der Waals surface area (Å²) in [7, 11) is 1.99. The van der Waals surface area contributed by atoms with Crippen molar-refractivity contribution in [1.29, 1.82) is 0 Å². The van der Waals surface area contributed by atoms with Crippen LogP contribution in [0.3, 0.4) is 0 Å². The zero-order valence-corrected chi connectivity index (χ0v) is 15.7. The van der Waals surface area contributed by atoms with Crippen molar-refractivity contribution in [2.75, 3.05) is 18.0 Å². The molecular formula is C19H25BrN4. The minimum absolute atomic E-state index is 0.497. The van der Waals surface area contributed by atoms with Crippen molar-refractivity contribution in [1.82, 2.24) is 15.1 Å². The molecule has 1 aromatic carbocycles. The molecular weight excluding hydrogens is 364 g/mol. The SMILES string of the molecule is Cn1cc(N2CCC[C@@H](N[C@H](c3ccc(Br)cc3)C3CC3)C2)cn1. The highest BCUT2D eigenvalue weighted by Gasteiger charge is 2.34. The summed E-state index contributed by atoms with van der Waals surface area (Å²) in [4.78, 5) is 2.47. The zero-order chi connectivity index (χ0) is 16.5. The topological polar surface area (TPSA) is 33.1 Å². The number of benzene rings is 1. The number of hydrogen-bond acceptors (Lipinski definition) is 3. The van der Waals surface area contributed by atoms with Crippen molar-refractivity contribution in [2.24, 2.45) is 13.0 Å². The average molecular weight is 389 g/mol. The molecule has 24 heavy (non-hydrogen) atoms. The summed E-state index contributed by atoms with van der Waals surface area (Å²) in [5, 5.41) is 8.30. The van der Waals surface area contributed by atoms with Crippen LogP contribution in [0.15, 0.2) is 41.1 Å². The Bertz CT molecular complexity index is 677. The van der Waals surface area contributed by atoms with Crippen LogP contribution in [0.2, 0.25) is 0 Å². The molecule has 1 aliphatic carbocycles. The highest BCUT2D eigenvalue weighted by Crippen LogP contribution is 2.41. The first-order valence-corrected chi connectivity index (χ1v) is 9.73. The lowest BCUT2D eigenvalue weighted by Crippen LogP contribution is -2.47. The van der Waals surface area contributed by atoms with E-state index >= 15 is 0 Å². The molecule has 2 heterocycles. The lowest BCUT2D eigenvalue weighted by Gasteiger charge is -2.36. The maximum Gasteiger partial charge on any atom is 0.0752 e. The summed E-state index contributed by atoms with van der Waals surface area (Å²) in [5.74, 6) is 0.806. The van der Waals surface area contributed by atoms with E-state index in [0.29, 0.717) is 12.1 Å². The zero-order valence-electron chi connectivity index (χ0n) is 14.2. The Kier molecular flexibility index (Phi) is 4.63. The second-order valence-electron chi connectivity index (χ2n) is 7.19. The highest BCUT2D eigenvalue weighted by atomic mass is 79.9. The molecule has 0 spiro atoms. The standard InChI is InChI=1S/C19H25BrN4/c1-23-13-18(11-21-23)24-10-2-3-17(12-24)22-19(14-4-5-14)15-6-8-16(20)9-7-15/h6-9,11,13-14,17,19,22H,2-5,10,12H2,1H3/t17-,19+/m1/s1. The van der Waals surface area contributed by atoms with Crippen LogP contribution in [0.25, 0.3) is 0 Å². The molecule has 2 aliphatic rings. The number of aryl methyl sites for hydroxylation is 1. The molecule has 0 amide bonds. The van der Waals surface area contributed by atoms with Gasteiger partial charge in [-0.25, -0.2) is 0 Å². The Balaban J connectivity index is 1.45. The van der Waals surface area contributed by atoms with Crippen molar-refractivity contribution >= 4 is 21.6 Å². The van der Waals surface area contributed by atoms with Crippen molar-refractivity contribution in [3.8, 4) is 0 Å². The summed E-state index contributed by atoms with van der Waals surface area (Å²) < 4.78 is 3.04. The first kappa shape index (κ1) is 16.2. The van der Waals surface area contributed by atoms with Crippen LogP contribution >= 0.6 is 15.9 Å². The molecule has 1 saturated heterocycles. The van der Waals surface area contributed by atoms with Gasteiger partial charge in [-0.15, -0.1) is 0 Å². The van der Waals surface area contributed by atoms with Crippen LogP contribution in [0.5, 0.6) is 0 Å². The van der Waals surface area contributed by atoms with Crippen LogP contribution in [0.1, 0.15) is 37.3 Å². The fourth-order valence-corrected chi connectivity index (χ4v) is 4.04. The maximum absolute atomic E-state index is 4.32. The molecule has 2 atom stereocenters. The summed E-state index contributed by atoms with van der Waals surface area (Å²) in [5.41, 5.74) is 2.68. The second-order valence-corrected chi connectivity index (χ2v) is 8.11. The van der Waals surface area contributed by atoms with Gasteiger partial charge in [-0.1, -0.05) is 28.1 Å². The molecule has 1 aliphatic heterocycles. The van der Waals surface area contributed by atoms with Crippen LogP contribution in [0.4, 0.5) is 5.69 Å². The van der Waals surface area contributed by atoms with Crippen molar-refractivity contribution in [3.05, 3.63) is 46.7 Å². The molecule has 0 bridgehead atoms. The quantitative estimate of drug-likeness (QED) is 0.842. The third-order valence-electron chi connectivity index (χ3n) is 5.22. The van der Waals surface area contributed by atoms with E-state index in [1.165, 1.54) is 36.9 Å². The van der Waals surface area contributed by atoms with E-state index in [9.17, 15) is 0 Å². The van der Waals surface area contributed by atoms with Gasteiger partial charge in [0.1, 0.15) is 0 Å². The van der Waals surface area contributed by atoms with E-state index in [1.54, 1.807) is 0 Å². The van der Waals surface area contributed by atoms with E-state index in [-0.39, 0.29) is 0 Å². The molecule has 5 heteroatoms. The molecule has 1 N–H and O–H groups in total. The van der Waals surface area contributed by atoms with E-state index in [0.717, 1.165) is 23.5 Å². The lowest BCUT2D eigenvalue weighted by atomic mass is 9.98. The molecule has 0 radical (unpaired) electrons. The van der Waals surface area contributed by atoms with Crippen LogP contribution in [0, 0.1) is 5.92 Å². The Morgan fingerprint density at radius 1 is 1.21 bits per heavy atom. The van der Waals surface area contributed by atoms with Gasteiger partial charge >= 0.3 is 0 Å². The largest absolute Gasteiger partial charge is 0.367 e. The number of aromatic nitrogens is 2. The predicted molar refractivity (Wildman–Crippen MR) is 101 cm³/mol. The second kappa shape index (κ2) is 6.89. The Labute approximate surface area is 152 Å². The van der Waals surface area contributed by atoms with Gasteiger partial charge in [-0.3, -0.25) is 4.68 Å². The number of nitrogens with zero attached hydrogens (tertiary/aromatic N) is 3. The molecule has 1 aromatic heterocycles.